The molecular weight excluding hydrogens is 336 g/mol. The van der Waals surface area contributed by atoms with Crippen molar-refractivity contribution in [2.75, 3.05) is 7.11 Å². The Morgan fingerprint density at radius 1 is 0.852 bits per heavy atom. The lowest BCUT2D eigenvalue weighted by atomic mass is 9.88. The number of hydrogen-bond donors (Lipinski definition) is 0. The first-order valence-corrected chi connectivity index (χ1v) is 9.09. The normalized spacial score (nSPS) is 18.2. The zero-order chi connectivity index (χ0) is 19.0. The van der Waals surface area contributed by atoms with Gasteiger partial charge in [-0.05, 0) is 41.7 Å². The smallest absolute Gasteiger partial charge is 0.338 e. The van der Waals surface area contributed by atoms with Crippen molar-refractivity contribution in [3.63, 3.8) is 0 Å². The van der Waals surface area contributed by atoms with E-state index in [0.29, 0.717) is 0 Å². The van der Waals surface area contributed by atoms with Crippen molar-refractivity contribution >= 4 is 5.97 Å². The maximum absolute atomic E-state index is 12.0. The highest BCUT2D eigenvalue weighted by atomic mass is 16.6. The van der Waals surface area contributed by atoms with Crippen LogP contribution in [0.4, 0.5) is 0 Å². The van der Waals surface area contributed by atoms with Crippen LogP contribution in [0.2, 0.25) is 0 Å². The fourth-order valence-electron chi connectivity index (χ4n) is 3.75. The number of rotatable bonds is 4. The number of hydrogen-bond acceptors (Lipinski definition) is 3. The zero-order valence-electron chi connectivity index (χ0n) is 15.7. The lowest BCUT2D eigenvalue weighted by Gasteiger charge is -2.15. The van der Waals surface area contributed by atoms with Crippen molar-refractivity contribution in [3.05, 3.63) is 83.4 Å². The second-order valence-electron chi connectivity index (χ2n) is 7.01. The molecule has 4 rings (SSSR count). The maximum Gasteiger partial charge on any atom is 0.338 e. The topological polar surface area (TPSA) is 38.8 Å². The fraction of sp³-hybridized carbons (Fsp3) is 0.208. The first kappa shape index (κ1) is 17.5. The Kier molecular flexibility index (Phi) is 4.54. The molecule has 0 amide bonds. The summed E-state index contributed by atoms with van der Waals surface area (Å²) in [6, 6.07) is 23.0. The summed E-state index contributed by atoms with van der Waals surface area (Å²) in [6.07, 6.45) is -0.825. The van der Waals surface area contributed by atoms with E-state index in [1.54, 1.807) is 0 Å². The zero-order valence-corrected chi connectivity index (χ0v) is 15.7. The highest BCUT2D eigenvalue weighted by Gasteiger charge is 2.49. The minimum atomic E-state index is -0.537. The van der Waals surface area contributed by atoms with E-state index in [-0.39, 0.29) is 12.1 Å². The van der Waals surface area contributed by atoms with E-state index >= 15 is 0 Å². The van der Waals surface area contributed by atoms with Crippen LogP contribution in [0.1, 0.15) is 22.8 Å². The number of aryl methyl sites for hydroxylation is 2. The average Bonchev–Trinajstić information content (AvgIpc) is 3.47. The number of ether oxygens (including phenoxy) is 2. The van der Waals surface area contributed by atoms with Gasteiger partial charge in [0.25, 0.3) is 0 Å². The first-order valence-electron chi connectivity index (χ1n) is 9.09. The SMILES string of the molecule is COC(=O)[C@@H]1O[C@H]1c1c(-c2ccccc2)cccc1-c1cc(C)cc(C)c1. The molecule has 0 spiro atoms. The van der Waals surface area contributed by atoms with Crippen LogP contribution >= 0.6 is 0 Å². The van der Waals surface area contributed by atoms with Crippen LogP contribution < -0.4 is 0 Å². The molecule has 0 radical (unpaired) electrons. The quantitative estimate of drug-likeness (QED) is 0.472. The fourth-order valence-corrected chi connectivity index (χ4v) is 3.75. The van der Waals surface area contributed by atoms with Crippen molar-refractivity contribution in [3.8, 4) is 22.3 Å². The maximum atomic E-state index is 12.0. The Morgan fingerprint density at radius 3 is 2.11 bits per heavy atom. The number of carbonyl (C=O) groups excluding carboxylic acids is 1. The van der Waals surface area contributed by atoms with Crippen LogP contribution in [0.25, 0.3) is 22.3 Å². The molecule has 2 atom stereocenters. The van der Waals surface area contributed by atoms with Crippen LogP contribution in [0, 0.1) is 13.8 Å². The average molecular weight is 358 g/mol. The van der Waals surface area contributed by atoms with Gasteiger partial charge in [0.05, 0.1) is 7.11 Å². The summed E-state index contributed by atoms with van der Waals surface area (Å²) in [7, 11) is 1.40. The van der Waals surface area contributed by atoms with E-state index in [1.807, 2.05) is 18.2 Å². The summed E-state index contributed by atoms with van der Waals surface area (Å²) in [6.45, 7) is 4.20. The summed E-state index contributed by atoms with van der Waals surface area (Å²) in [4.78, 5) is 12.0. The monoisotopic (exact) mass is 358 g/mol. The van der Waals surface area contributed by atoms with E-state index in [2.05, 4.69) is 62.4 Å². The third-order valence-electron chi connectivity index (χ3n) is 4.93. The minimum absolute atomic E-state index is 0.287. The highest BCUT2D eigenvalue weighted by Crippen LogP contribution is 2.48. The Balaban J connectivity index is 1.90. The van der Waals surface area contributed by atoms with Crippen LogP contribution in [0.15, 0.2) is 66.7 Å². The lowest BCUT2D eigenvalue weighted by molar-refractivity contribution is -0.142. The van der Waals surface area contributed by atoms with E-state index in [4.69, 9.17) is 9.47 Å². The van der Waals surface area contributed by atoms with Crippen molar-refractivity contribution in [1.29, 1.82) is 0 Å². The third-order valence-corrected chi connectivity index (χ3v) is 4.93. The van der Waals surface area contributed by atoms with Crippen LogP contribution in [-0.2, 0) is 14.3 Å². The predicted molar refractivity (Wildman–Crippen MR) is 106 cm³/mol. The predicted octanol–water partition coefficient (Wildman–Crippen LogP) is 5.25. The number of methoxy groups -OCH3 is 1. The van der Waals surface area contributed by atoms with E-state index in [0.717, 1.165) is 27.8 Å². The Hall–Kier alpha value is -2.91. The molecule has 3 nitrogen and oxygen atoms in total. The number of esters is 1. The Morgan fingerprint density at radius 2 is 1.48 bits per heavy atom. The summed E-state index contributed by atoms with van der Waals surface area (Å²) >= 11 is 0. The molecule has 136 valence electrons. The third kappa shape index (κ3) is 3.38. The van der Waals surface area contributed by atoms with E-state index < -0.39 is 6.10 Å². The standard InChI is InChI=1S/C24H22O3/c1-15-12-16(2)14-18(13-15)20-11-7-10-19(17-8-5-4-6-9-17)21(20)22-23(27-22)24(25)26-3/h4-14,22-23H,1-3H3/t22-,23+/m0/s1. The van der Waals surface area contributed by atoms with Crippen molar-refractivity contribution in [2.45, 2.75) is 26.1 Å². The molecule has 1 aliphatic heterocycles. The number of epoxide rings is 1. The number of benzene rings is 3. The van der Waals surface area contributed by atoms with Gasteiger partial charge in [-0.2, -0.15) is 0 Å². The second-order valence-corrected chi connectivity index (χ2v) is 7.01. The summed E-state index contributed by atoms with van der Waals surface area (Å²) in [5.41, 5.74) is 7.90. The molecule has 0 N–H and O–H groups in total. The van der Waals surface area contributed by atoms with Gasteiger partial charge in [-0.3, -0.25) is 0 Å². The van der Waals surface area contributed by atoms with Crippen LogP contribution in [0.3, 0.4) is 0 Å². The first-order chi connectivity index (χ1) is 13.1. The van der Waals surface area contributed by atoms with Gasteiger partial charge in [-0.25, -0.2) is 4.79 Å². The molecule has 3 aromatic carbocycles. The van der Waals surface area contributed by atoms with Gasteiger partial charge in [-0.1, -0.05) is 77.9 Å². The highest BCUT2D eigenvalue weighted by molar-refractivity contribution is 5.84. The molecule has 1 heterocycles. The molecule has 1 fully saturated rings. The molecule has 3 aromatic rings. The van der Waals surface area contributed by atoms with Gasteiger partial charge < -0.3 is 9.47 Å². The molecular formula is C24H22O3. The molecule has 1 saturated heterocycles. The molecule has 3 heteroatoms. The largest absolute Gasteiger partial charge is 0.467 e. The molecule has 0 unspecified atom stereocenters. The molecule has 0 bridgehead atoms. The van der Waals surface area contributed by atoms with Crippen LogP contribution in [0.5, 0.6) is 0 Å². The van der Waals surface area contributed by atoms with Gasteiger partial charge >= 0.3 is 5.97 Å². The van der Waals surface area contributed by atoms with Gasteiger partial charge in [-0.15, -0.1) is 0 Å². The van der Waals surface area contributed by atoms with Crippen molar-refractivity contribution in [1.82, 2.24) is 0 Å². The van der Waals surface area contributed by atoms with Gasteiger partial charge in [0.15, 0.2) is 6.10 Å². The molecule has 27 heavy (non-hydrogen) atoms. The van der Waals surface area contributed by atoms with Crippen molar-refractivity contribution < 1.29 is 14.3 Å². The van der Waals surface area contributed by atoms with Crippen LogP contribution in [-0.4, -0.2) is 19.2 Å². The van der Waals surface area contributed by atoms with Crippen molar-refractivity contribution in [2.24, 2.45) is 0 Å². The molecule has 0 aliphatic carbocycles. The Labute approximate surface area is 159 Å². The second kappa shape index (κ2) is 7.01. The summed E-state index contributed by atoms with van der Waals surface area (Å²) < 4.78 is 10.7. The Bertz CT molecular complexity index is 972. The molecule has 0 aromatic heterocycles. The summed E-state index contributed by atoms with van der Waals surface area (Å²) in [5, 5.41) is 0. The lowest BCUT2D eigenvalue weighted by Crippen LogP contribution is -2.10. The van der Waals surface area contributed by atoms with Gasteiger partial charge in [0.2, 0.25) is 0 Å². The molecule has 1 aliphatic rings. The number of carbonyl (C=O) groups is 1. The van der Waals surface area contributed by atoms with Gasteiger partial charge in [0, 0.05) is 0 Å². The van der Waals surface area contributed by atoms with E-state index in [9.17, 15) is 4.79 Å². The van der Waals surface area contributed by atoms with E-state index in [1.165, 1.54) is 18.2 Å². The molecule has 0 saturated carbocycles. The summed E-state index contributed by atoms with van der Waals surface area (Å²) in [5.74, 6) is -0.325. The minimum Gasteiger partial charge on any atom is -0.467 e. The van der Waals surface area contributed by atoms with Gasteiger partial charge in [0.1, 0.15) is 6.10 Å².